The number of benzene rings is 2. The molecule has 2 N–H and O–H groups in total. The van der Waals surface area contributed by atoms with Crippen molar-refractivity contribution in [3.05, 3.63) is 58.1 Å². The van der Waals surface area contributed by atoms with E-state index in [-0.39, 0.29) is 12.1 Å². The number of methoxy groups -OCH3 is 1. The maximum Gasteiger partial charge on any atom is 0.265 e. The molecule has 0 unspecified atom stereocenters. The molecule has 1 aliphatic rings. The minimum atomic E-state index is -0.905. The van der Waals surface area contributed by atoms with Gasteiger partial charge in [-0.05, 0) is 42.5 Å². The zero-order valence-corrected chi connectivity index (χ0v) is 15.7. The van der Waals surface area contributed by atoms with Crippen molar-refractivity contribution in [2.45, 2.75) is 12.5 Å². The fourth-order valence-corrected chi connectivity index (χ4v) is 2.95. The highest BCUT2D eigenvalue weighted by molar-refractivity contribution is 6.31. The van der Waals surface area contributed by atoms with Gasteiger partial charge in [-0.15, -0.1) is 0 Å². The number of hydrazine groups is 1. The predicted molar refractivity (Wildman–Crippen MR) is 101 cm³/mol. The molecule has 0 radical (unpaired) electrons. The average Bonchev–Trinajstić information content (AvgIpc) is 2.93. The van der Waals surface area contributed by atoms with Gasteiger partial charge in [-0.3, -0.25) is 19.8 Å². The van der Waals surface area contributed by atoms with Crippen LogP contribution in [-0.4, -0.2) is 30.9 Å². The van der Waals surface area contributed by atoms with Gasteiger partial charge in [0.15, 0.2) is 0 Å². The third kappa shape index (κ3) is 4.05. The largest absolute Gasteiger partial charge is 0.495 e. The molecule has 7 nitrogen and oxygen atoms in total. The maximum absolute atomic E-state index is 12.7. The van der Waals surface area contributed by atoms with Crippen LogP contribution in [0.1, 0.15) is 16.8 Å². The van der Waals surface area contributed by atoms with Crippen molar-refractivity contribution in [2.75, 3.05) is 12.0 Å². The third-order valence-electron chi connectivity index (χ3n) is 3.99. The highest BCUT2D eigenvalue weighted by Crippen LogP contribution is 2.34. The number of ether oxygens (including phenoxy) is 1. The van der Waals surface area contributed by atoms with E-state index in [9.17, 15) is 14.4 Å². The van der Waals surface area contributed by atoms with Crippen LogP contribution in [0.4, 0.5) is 5.69 Å². The quantitative estimate of drug-likeness (QED) is 0.587. The summed E-state index contributed by atoms with van der Waals surface area (Å²) >= 11 is 11.8. The predicted octanol–water partition coefficient (Wildman–Crippen LogP) is 2.57. The Bertz CT molecular complexity index is 902. The first-order chi connectivity index (χ1) is 12.9. The molecular formula is C18H15Cl2N3O4. The zero-order valence-electron chi connectivity index (χ0n) is 14.2. The van der Waals surface area contributed by atoms with E-state index in [0.717, 1.165) is 4.90 Å². The van der Waals surface area contributed by atoms with Crippen molar-refractivity contribution < 1.29 is 19.1 Å². The normalized spacial score (nSPS) is 16.6. The molecule has 27 heavy (non-hydrogen) atoms. The van der Waals surface area contributed by atoms with Gasteiger partial charge in [0, 0.05) is 15.6 Å². The molecule has 9 heteroatoms. The molecule has 0 bridgehead atoms. The van der Waals surface area contributed by atoms with E-state index in [1.165, 1.54) is 13.2 Å². The van der Waals surface area contributed by atoms with Crippen LogP contribution in [0, 0.1) is 0 Å². The summed E-state index contributed by atoms with van der Waals surface area (Å²) < 4.78 is 5.20. The molecule has 3 amide bonds. The minimum absolute atomic E-state index is 0.116. The van der Waals surface area contributed by atoms with Gasteiger partial charge in [0.05, 0.1) is 19.2 Å². The van der Waals surface area contributed by atoms with E-state index in [2.05, 4.69) is 10.9 Å². The molecule has 1 saturated heterocycles. The number of rotatable bonds is 5. The summed E-state index contributed by atoms with van der Waals surface area (Å²) in [5.41, 5.74) is 5.66. The summed E-state index contributed by atoms with van der Waals surface area (Å²) in [5, 5.41) is 0.862. The van der Waals surface area contributed by atoms with E-state index < -0.39 is 23.8 Å². The first-order valence-corrected chi connectivity index (χ1v) is 8.68. The summed E-state index contributed by atoms with van der Waals surface area (Å²) in [4.78, 5) is 38.2. The summed E-state index contributed by atoms with van der Waals surface area (Å²) in [6, 6.07) is 9.98. The molecule has 3 rings (SSSR count). The molecule has 1 fully saturated rings. The topological polar surface area (TPSA) is 87.7 Å². The van der Waals surface area contributed by atoms with Crippen molar-refractivity contribution in [1.82, 2.24) is 10.9 Å². The summed E-state index contributed by atoms with van der Waals surface area (Å²) in [6.45, 7) is 0. The number of carbonyl (C=O) groups is 3. The number of carbonyl (C=O) groups excluding carboxylic acids is 3. The van der Waals surface area contributed by atoms with E-state index in [0.29, 0.717) is 21.4 Å². The number of halogens is 2. The maximum atomic E-state index is 12.7. The molecular weight excluding hydrogens is 393 g/mol. The number of anilines is 1. The Balaban J connectivity index is 1.72. The molecule has 1 heterocycles. The number of nitrogens with zero attached hydrogens (tertiary/aromatic N) is 1. The number of nitrogens with one attached hydrogen (secondary N) is 2. The summed E-state index contributed by atoms with van der Waals surface area (Å²) in [5.74, 6) is -1.06. The monoisotopic (exact) mass is 407 g/mol. The van der Waals surface area contributed by atoms with Crippen molar-refractivity contribution in [1.29, 1.82) is 0 Å². The van der Waals surface area contributed by atoms with Crippen molar-refractivity contribution >= 4 is 46.6 Å². The second-order valence-electron chi connectivity index (χ2n) is 5.75. The van der Waals surface area contributed by atoms with Crippen LogP contribution < -0.4 is 20.5 Å². The van der Waals surface area contributed by atoms with Crippen LogP contribution in [0.25, 0.3) is 0 Å². The number of hydrogen-bond acceptors (Lipinski definition) is 5. The standard InChI is InChI=1S/C18H15Cl2N3O4/c1-27-15-7-6-12(20)8-14(15)23-16(24)9-13(18(23)26)21-22-17(25)10-2-4-11(19)5-3-10/h2-8,13,21H,9H2,1H3,(H,22,25)/t13-/m1/s1. The molecule has 2 aromatic carbocycles. The van der Waals surface area contributed by atoms with Crippen molar-refractivity contribution in [3.8, 4) is 5.75 Å². The van der Waals surface area contributed by atoms with Gasteiger partial charge in [0.1, 0.15) is 11.8 Å². The molecule has 1 atom stereocenters. The van der Waals surface area contributed by atoms with E-state index in [1.54, 1.807) is 36.4 Å². The fourth-order valence-electron chi connectivity index (χ4n) is 2.66. The highest BCUT2D eigenvalue weighted by atomic mass is 35.5. The summed E-state index contributed by atoms with van der Waals surface area (Å²) in [7, 11) is 1.43. The fraction of sp³-hybridized carbons (Fsp3) is 0.167. The number of hydrogen-bond donors (Lipinski definition) is 2. The Kier molecular flexibility index (Phi) is 5.65. The Labute approximate surface area is 165 Å². The van der Waals surface area contributed by atoms with Gasteiger partial charge in [0.2, 0.25) is 5.91 Å². The average molecular weight is 408 g/mol. The van der Waals surface area contributed by atoms with E-state index in [4.69, 9.17) is 27.9 Å². The summed E-state index contributed by atoms with van der Waals surface area (Å²) in [6.07, 6.45) is -0.116. The van der Waals surface area contributed by atoms with Gasteiger partial charge < -0.3 is 4.74 Å². The molecule has 0 aromatic heterocycles. The highest BCUT2D eigenvalue weighted by Gasteiger charge is 2.41. The van der Waals surface area contributed by atoms with Crippen molar-refractivity contribution in [3.63, 3.8) is 0 Å². The van der Waals surface area contributed by atoms with E-state index in [1.807, 2.05) is 0 Å². The third-order valence-corrected chi connectivity index (χ3v) is 4.48. The van der Waals surface area contributed by atoms with Crippen LogP contribution in [0.2, 0.25) is 10.0 Å². The molecule has 0 saturated carbocycles. The minimum Gasteiger partial charge on any atom is -0.495 e. The van der Waals surface area contributed by atoms with Crippen LogP contribution in [0.3, 0.4) is 0 Å². The van der Waals surface area contributed by atoms with Crippen LogP contribution in [0.5, 0.6) is 5.75 Å². The Morgan fingerprint density at radius 3 is 2.44 bits per heavy atom. The molecule has 2 aromatic rings. The Morgan fingerprint density at radius 1 is 1.11 bits per heavy atom. The van der Waals surface area contributed by atoms with Crippen LogP contribution in [-0.2, 0) is 9.59 Å². The molecule has 0 spiro atoms. The van der Waals surface area contributed by atoms with Gasteiger partial charge in [-0.2, -0.15) is 0 Å². The van der Waals surface area contributed by atoms with Gasteiger partial charge >= 0.3 is 0 Å². The first kappa shape index (κ1) is 19.2. The SMILES string of the molecule is COc1ccc(Cl)cc1N1C(=O)C[C@@H](NNC(=O)c2ccc(Cl)cc2)C1=O. The van der Waals surface area contributed by atoms with E-state index >= 15 is 0 Å². The Hall–Kier alpha value is -2.61. The molecule has 140 valence electrons. The van der Waals surface area contributed by atoms with Gasteiger partial charge in [0.25, 0.3) is 11.8 Å². The van der Waals surface area contributed by atoms with Crippen LogP contribution in [0.15, 0.2) is 42.5 Å². The number of amides is 3. The lowest BCUT2D eigenvalue weighted by Gasteiger charge is -2.18. The first-order valence-electron chi connectivity index (χ1n) is 7.92. The lowest BCUT2D eigenvalue weighted by atomic mass is 10.2. The lowest BCUT2D eigenvalue weighted by molar-refractivity contribution is -0.121. The zero-order chi connectivity index (χ0) is 19.6. The van der Waals surface area contributed by atoms with Crippen LogP contribution >= 0.6 is 23.2 Å². The van der Waals surface area contributed by atoms with Gasteiger partial charge in [-0.25, -0.2) is 10.3 Å². The molecule has 0 aliphatic carbocycles. The second kappa shape index (κ2) is 7.96. The Morgan fingerprint density at radius 2 is 1.78 bits per heavy atom. The molecule has 1 aliphatic heterocycles. The van der Waals surface area contributed by atoms with Gasteiger partial charge in [-0.1, -0.05) is 23.2 Å². The lowest BCUT2D eigenvalue weighted by Crippen LogP contribution is -2.48. The second-order valence-corrected chi connectivity index (χ2v) is 6.62. The van der Waals surface area contributed by atoms with Crippen molar-refractivity contribution in [2.24, 2.45) is 0 Å². The smallest absolute Gasteiger partial charge is 0.265 e. The number of imide groups is 1.